The summed E-state index contributed by atoms with van der Waals surface area (Å²) < 4.78 is 14.0. The Hall–Kier alpha value is -1.25. The molecule has 0 aliphatic heterocycles. The van der Waals surface area contributed by atoms with Gasteiger partial charge in [-0.3, -0.25) is 4.57 Å². The molecule has 5 heteroatoms. The van der Waals surface area contributed by atoms with E-state index in [1.54, 1.807) is 31.8 Å². The molecule has 4 nitrogen and oxygen atoms in total. The molecule has 0 spiro atoms. The molecular formula is C12H16N2O2P+. The maximum atomic E-state index is 12.4. The van der Waals surface area contributed by atoms with Gasteiger partial charge in [-0.1, -0.05) is 36.7 Å². The van der Waals surface area contributed by atoms with Crippen LogP contribution in [0.2, 0.25) is 0 Å². The molecule has 1 aromatic heterocycles. The highest BCUT2D eigenvalue weighted by molar-refractivity contribution is 7.67. The van der Waals surface area contributed by atoms with E-state index in [9.17, 15) is 9.46 Å². The van der Waals surface area contributed by atoms with Crippen molar-refractivity contribution in [3.8, 4) is 0 Å². The molecule has 1 N–H and O–H groups in total. The average Bonchev–Trinajstić information content (AvgIpc) is 2.27. The summed E-state index contributed by atoms with van der Waals surface area (Å²) in [7, 11) is -1.59. The summed E-state index contributed by atoms with van der Waals surface area (Å²) in [5.74, 6) is 0. The Morgan fingerprint density at radius 1 is 1.35 bits per heavy atom. The number of nitrogens with zero attached hydrogens (tertiary/aromatic N) is 2. The van der Waals surface area contributed by atoms with Gasteiger partial charge in [-0.05, 0) is 11.2 Å². The zero-order valence-electron chi connectivity index (χ0n) is 10.2. The number of hydrogen-bond donors (Lipinski definition) is 1. The van der Waals surface area contributed by atoms with Crippen molar-refractivity contribution in [3.63, 3.8) is 0 Å². The van der Waals surface area contributed by atoms with Crippen LogP contribution < -0.4 is 9.99 Å². The summed E-state index contributed by atoms with van der Waals surface area (Å²) in [6, 6.07) is 7.41. The molecule has 0 aliphatic rings. The summed E-state index contributed by atoms with van der Waals surface area (Å²) in [4.78, 5) is 10.2. The van der Waals surface area contributed by atoms with Gasteiger partial charge in [0.2, 0.25) is 13.6 Å². The van der Waals surface area contributed by atoms with E-state index in [0.29, 0.717) is 5.30 Å². The first-order valence-corrected chi connectivity index (χ1v) is 7.24. The molecule has 17 heavy (non-hydrogen) atoms. The van der Waals surface area contributed by atoms with Crippen molar-refractivity contribution >= 4 is 23.6 Å². The molecule has 0 saturated carbocycles. The Kier molecular flexibility index (Phi) is 3.02. The highest BCUT2D eigenvalue weighted by Crippen LogP contribution is 2.45. The minimum atomic E-state index is -3.35. The van der Waals surface area contributed by atoms with E-state index in [2.05, 4.69) is 5.10 Å². The molecule has 1 aromatic carbocycles. The van der Waals surface area contributed by atoms with Crippen LogP contribution in [0, 0.1) is 0 Å². The van der Waals surface area contributed by atoms with Crippen molar-refractivity contribution in [3.05, 3.63) is 30.5 Å². The van der Waals surface area contributed by atoms with Crippen molar-refractivity contribution in [1.29, 1.82) is 0 Å². The van der Waals surface area contributed by atoms with E-state index in [4.69, 9.17) is 0 Å². The van der Waals surface area contributed by atoms with Crippen LogP contribution in [0.1, 0.15) is 13.8 Å². The molecule has 0 saturated heterocycles. The molecule has 2 rings (SSSR count). The van der Waals surface area contributed by atoms with Crippen LogP contribution in [-0.2, 0) is 11.6 Å². The fourth-order valence-corrected chi connectivity index (χ4v) is 3.18. The number of aryl methyl sites for hydroxylation is 1. The molecular weight excluding hydrogens is 235 g/mol. The van der Waals surface area contributed by atoms with Gasteiger partial charge < -0.3 is 4.89 Å². The molecule has 1 unspecified atom stereocenters. The number of hydrogen-bond acceptors (Lipinski definition) is 2. The maximum Gasteiger partial charge on any atom is 0.238 e. The molecule has 0 fully saturated rings. The van der Waals surface area contributed by atoms with E-state index in [0.717, 1.165) is 10.9 Å². The number of rotatable bonds is 2. The maximum absolute atomic E-state index is 12.4. The highest BCUT2D eigenvalue weighted by Gasteiger charge is 2.31. The van der Waals surface area contributed by atoms with Crippen molar-refractivity contribution in [2.24, 2.45) is 7.05 Å². The van der Waals surface area contributed by atoms with Gasteiger partial charge in [0, 0.05) is 11.0 Å². The first-order chi connectivity index (χ1) is 7.93. The van der Waals surface area contributed by atoms with Gasteiger partial charge >= 0.3 is 0 Å². The third-order valence-electron chi connectivity index (χ3n) is 2.80. The Bertz CT molecular complexity index is 610. The topological polar surface area (TPSA) is 54.1 Å². The summed E-state index contributed by atoms with van der Waals surface area (Å²) >= 11 is 0. The lowest BCUT2D eigenvalue weighted by atomic mass is 10.2. The second-order valence-electron chi connectivity index (χ2n) is 4.42. The molecule has 0 bridgehead atoms. The van der Waals surface area contributed by atoms with Crippen LogP contribution in [0.15, 0.2) is 30.5 Å². The molecule has 1 atom stereocenters. The molecule has 2 aromatic rings. The average molecular weight is 251 g/mol. The summed E-state index contributed by atoms with van der Waals surface area (Å²) in [6.45, 7) is 3.52. The van der Waals surface area contributed by atoms with Gasteiger partial charge in [0.1, 0.15) is 10.8 Å². The van der Waals surface area contributed by atoms with Crippen LogP contribution in [-0.4, -0.2) is 15.7 Å². The third kappa shape index (κ3) is 2.11. The predicted molar refractivity (Wildman–Crippen MR) is 67.5 cm³/mol. The van der Waals surface area contributed by atoms with Crippen molar-refractivity contribution in [1.82, 2.24) is 5.10 Å². The molecule has 0 aliphatic carbocycles. The predicted octanol–water partition coefficient (Wildman–Crippen LogP) is 1.36. The monoisotopic (exact) mass is 251 g/mol. The third-order valence-corrected chi connectivity index (χ3v) is 5.25. The first-order valence-electron chi connectivity index (χ1n) is 5.51. The lowest BCUT2D eigenvalue weighted by Crippen LogP contribution is -2.37. The largest absolute Gasteiger partial charge is 0.341 e. The summed E-state index contributed by atoms with van der Waals surface area (Å²) in [5, 5.41) is 5.54. The molecule has 0 amide bonds. The van der Waals surface area contributed by atoms with Crippen LogP contribution in [0.5, 0.6) is 0 Å². The first kappa shape index (κ1) is 12.2. The SMILES string of the molecule is CC(C)P(=O)(O)c1c[n+](C)nc2ccccc12. The standard InChI is InChI=1S/C12H15N2O2P/c1-9(2)17(15,16)12-8-14(3)13-11-7-5-4-6-10(11)12/h4-9H,1-3H3/p+1. The van der Waals surface area contributed by atoms with E-state index in [-0.39, 0.29) is 5.66 Å². The fourth-order valence-electron chi connectivity index (χ4n) is 1.76. The molecule has 0 radical (unpaired) electrons. The van der Waals surface area contributed by atoms with Gasteiger partial charge in [-0.15, -0.1) is 0 Å². The quantitative estimate of drug-likeness (QED) is 0.647. The van der Waals surface area contributed by atoms with Gasteiger partial charge in [0.05, 0.1) is 0 Å². The van der Waals surface area contributed by atoms with E-state index in [1.165, 1.54) is 0 Å². The van der Waals surface area contributed by atoms with Crippen molar-refractivity contribution in [2.45, 2.75) is 19.5 Å². The number of fused-ring (bicyclic) bond motifs is 1. The normalized spacial score (nSPS) is 15.1. The lowest BCUT2D eigenvalue weighted by molar-refractivity contribution is -0.727. The zero-order valence-corrected chi connectivity index (χ0v) is 11.1. The minimum Gasteiger partial charge on any atom is -0.341 e. The van der Waals surface area contributed by atoms with Crippen LogP contribution in [0.4, 0.5) is 0 Å². The van der Waals surface area contributed by atoms with E-state index >= 15 is 0 Å². The van der Waals surface area contributed by atoms with Crippen molar-refractivity contribution in [2.75, 3.05) is 0 Å². The Morgan fingerprint density at radius 3 is 2.65 bits per heavy atom. The van der Waals surface area contributed by atoms with Crippen LogP contribution in [0.3, 0.4) is 0 Å². The summed E-state index contributed by atoms with van der Waals surface area (Å²) in [6.07, 6.45) is 1.64. The number of aromatic nitrogens is 2. The Balaban J connectivity index is 2.81. The highest BCUT2D eigenvalue weighted by atomic mass is 31.2. The second-order valence-corrected chi connectivity index (χ2v) is 7.18. The number of benzene rings is 1. The summed E-state index contributed by atoms with van der Waals surface area (Å²) in [5.41, 5.74) is 0.440. The van der Waals surface area contributed by atoms with E-state index < -0.39 is 7.37 Å². The van der Waals surface area contributed by atoms with Gasteiger partial charge in [-0.25, -0.2) is 0 Å². The molecule has 90 valence electrons. The van der Waals surface area contributed by atoms with Gasteiger partial charge in [0.25, 0.3) is 0 Å². The zero-order chi connectivity index (χ0) is 12.6. The smallest absolute Gasteiger partial charge is 0.238 e. The second kappa shape index (κ2) is 4.21. The fraction of sp³-hybridized carbons (Fsp3) is 0.333. The van der Waals surface area contributed by atoms with Crippen molar-refractivity contribution < 1.29 is 14.1 Å². The van der Waals surface area contributed by atoms with E-state index in [1.807, 2.05) is 24.3 Å². The Labute approximate surface area is 100 Å². The molecule has 1 heterocycles. The Morgan fingerprint density at radius 2 is 2.00 bits per heavy atom. The minimum absolute atomic E-state index is 0.298. The lowest BCUT2D eigenvalue weighted by Gasteiger charge is -2.15. The van der Waals surface area contributed by atoms with Gasteiger partial charge in [0.15, 0.2) is 7.05 Å². The van der Waals surface area contributed by atoms with Crippen LogP contribution >= 0.6 is 7.37 Å². The van der Waals surface area contributed by atoms with Gasteiger partial charge in [-0.2, -0.15) is 0 Å². The van der Waals surface area contributed by atoms with Crippen LogP contribution in [0.25, 0.3) is 10.9 Å².